The normalized spacial score (nSPS) is 13.8. The molecule has 6 nitrogen and oxygen atoms in total. The molecule has 1 aliphatic carbocycles. The van der Waals surface area contributed by atoms with Crippen LogP contribution in [0.25, 0.3) is 17.1 Å². The Morgan fingerprint density at radius 3 is 2.68 bits per heavy atom. The molecule has 0 aliphatic heterocycles. The topological polar surface area (TPSA) is 69.0 Å². The van der Waals surface area contributed by atoms with Gasteiger partial charge in [0.05, 0.1) is 22.8 Å². The first-order valence-corrected chi connectivity index (χ1v) is 9.68. The van der Waals surface area contributed by atoms with Gasteiger partial charge in [0.2, 0.25) is 5.91 Å². The van der Waals surface area contributed by atoms with Crippen molar-refractivity contribution in [3.05, 3.63) is 52.5 Å². The van der Waals surface area contributed by atoms with Gasteiger partial charge in [-0.25, -0.2) is 4.68 Å². The first kappa shape index (κ1) is 18.8. The number of aromatic nitrogens is 3. The van der Waals surface area contributed by atoms with E-state index in [-0.39, 0.29) is 17.8 Å². The molecule has 1 saturated carbocycles. The molecule has 1 amide bonds. The van der Waals surface area contributed by atoms with Crippen molar-refractivity contribution in [1.29, 1.82) is 0 Å². The first-order chi connectivity index (χ1) is 13.5. The van der Waals surface area contributed by atoms with Crippen molar-refractivity contribution in [3.63, 3.8) is 0 Å². The predicted molar refractivity (Wildman–Crippen MR) is 109 cm³/mol. The molecule has 1 heterocycles. The standard InChI is InChI=1S/C20H18Cl2N4O2/c1-28-20-24-18(13-8-9-16(21)17(22)10-13)26(25-20)15-7-3-6-14(11-15)23-19(27)12-4-2-5-12/h3,6-12H,2,4-5H2,1H3,(H,23,27). The van der Waals surface area contributed by atoms with Crippen LogP contribution in [0, 0.1) is 5.92 Å². The van der Waals surface area contributed by atoms with Gasteiger partial charge in [0, 0.05) is 17.2 Å². The zero-order valence-corrected chi connectivity index (χ0v) is 16.7. The second kappa shape index (κ2) is 7.81. The summed E-state index contributed by atoms with van der Waals surface area (Å²) in [6, 6.07) is 12.9. The molecule has 2 aromatic carbocycles. The van der Waals surface area contributed by atoms with Crippen LogP contribution in [0.1, 0.15) is 19.3 Å². The molecule has 1 fully saturated rings. The second-order valence-electron chi connectivity index (χ2n) is 6.63. The monoisotopic (exact) mass is 416 g/mol. The van der Waals surface area contributed by atoms with E-state index in [1.54, 1.807) is 16.8 Å². The molecule has 0 atom stereocenters. The Labute approximate surface area is 172 Å². The Balaban J connectivity index is 1.70. The molecule has 3 aromatic rings. The third-order valence-corrected chi connectivity index (χ3v) is 5.52. The summed E-state index contributed by atoms with van der Waals surface area (Å²) in [5.41, 5.74) is 2.20. The number of carbonyl (C=O) groups is 1. The highest BCUT2D eigenvalue weighted by Gasteiger charge is 2.25. The minimum absolute atomic E-state index is 0.0595. The fraction of sp³-hybridized carbons (Fsp3) is 0.250. The Kier molecular flexibility index (Phi) is 5.24. The van der Waals surface area contributed by atoms with Gasteiger partial charge >= 0.3 is 6.01 Å². The van der Waals surface area contributed by atoms with E-state index in [1.807, 2.05) is 30.3 Å². The SMILES string of the molecule is COc1nc(-c2ccc(Cl)c(Cl)c2)n(-c2cccc(NC(=O)C3CCC3)c2)n1. The van der Waals surface area contributed by atoms with E-state index < -0.39 is 0 Å². The van der Waals surface area contributed by atoms with Crippen molar-refractivity contribution in [2.45, 2.75) is 19.3 Å². The van der Waals surface area contributed by atoms with Gasteiger partial charge in [0.15, 0.2) is 5.82 Å². The summed E-state index contributed by atoms with van der Waals surface area (Å²) in [4.78, 5) is 16.7. The number of benzene rings is 2. The number of amides is 1. The maximum Gasteiger partial charge on any atom is 0.336 e. The third kappa shape index (κ3) is 3.70. The molecular formula is C20H18Cl2N4O2. The van der Waals surface area contributed by atoms with Crippen LogP contribution in [0.3, 0.4) is 0 Å². The number of methoxy groups -OCH3 is 1. The van der Waals surface area contributed by atoms with Gasteiger partial charge in [0.25, 0.3) is 0 Å². The summed E-state index contributed by atoms with van der Waals surface area (Å²) >= 11 is 12.2. The Hall–Kier alpha value is -2.57. The maximum atomic E-state index is 12.3. The molecule has 8 heteroatoms. The Bertz CT molecular complexity index is 1030. The fourth-order valence-corrected chi connectivity index (χ4v) is 3.31. The third-order valence-electron chi connectivity index (χ3n) is 4.78. The van der Waals surface area contributed by atoms with E-state index in [2.05, 4.69) is 15.4 Å². The van der Waals surface area contributed by atoms with Crippen LogP contribution in [-0.4, -0.2) is 27.8 Å². The van der Waals surface area contributed by atoms with Crippen LogP contribution in [0.4, 0.5) is 5.69 Å². The Morgan fingerprint density at radius 2 is 2.00 bits per heavy atom. The molecule has 0 saturated heterocycles. The number of hydrogen-bond acceptors (Lipinski definition) is 4. The van der Waals surface area contributed by atoms with Crippen molar-refractivity contribution in [2.24, 2.45) is 5.92 Å². The van der Waals surface area contributed by atoms with Crippen LogP contribution < -0.4 is 10.1 Å². The lowest BCUT2D eigenvalue weighted by atomic mass is 9.85. The van der Waals surface area contributed by atoms with Crippen LogP contribution in [0.5, 0.6) is 6.01 Å². The summed E-state index contributed by atoms with van der Waals surface area (Å²) in [6.07, 6.45) is 3.02. The summed E-state index contributed by atoms with van der Waals surface area (Å²) in [5, 5.41) is 8.27. The molecule has 0 radical (unpaired) electrons. The van der Waals surface area contributed by atoms with Crippen molar-refractivity contribution >= 4 is 34.8 Å². The minimum atomic E-state index is 0.0595. The van der Waals surface area contributed by atoms with Gasteiger partial charge in [-0.1, -0.05) is 35.7 Å². The van der Waals surface area contributed by atoms with Gasteiger partial charge in [-0.2, -0.15) is 4.98 Å². The highest BCUT2D eigenvalue weighted by Crippen LogP contribution is 2.31. The van der Waals surface area contributed by atoms with Crippen molar-refractivity contribution < 1.29 is 9.53 Å². The number of nitrogens with zero attached hydrogens (tertiary/aromatic N) is 3. The Morgan fingerprint density at radius 1 is 1.18 bits per heavy atom. The quantitative estimate of drug-likeness (QED) is 0.635. The zero-order chi connectivity index (χ0) is 19.7. The largest absolute Gasteiger partial charge is 0.466 e. The summed E-state index contributed by atoms with van der Waals surface area (Å²) in [6.45, 7) is 0. The van der Waals surface area contributed by atoms with Gasteiger partial charge in [0.1, 0.15) is 0 Å². The first-order valence-electron chi connectivity index (χ1n) is 8.93. The van der Waals surface area contributed by atoms with Crippen molar-refractivity contribution in [1.82, 2.24) is 14.8 Å². The summed E-state index contributed by atoms with van der Waals surface area (Å²) < 4.78 is 6.86. The molecule has 0 unspecified atom stereocenters. The molecule has 1 N–H and O–H groups in total. The minimum Gasteiger partial charge on any atom is -0.466 e. The highest BCUT2D eigenvalue weighted by molar-refractivity contribution is 6.42. The molecule has 1 aliphatic rings. The van der Waals surface area contributed by atoms with Crippen molar-refractivity contribution in [2.75, 3.05) is 12.4 Å². The molecule has 144 valence electrons. The molecule has 0 spiro atoms. The van der Waals surface area contributed by atoms with Crippen LogP contribution in [-0.2, 0) is 4.79 Å². The highest BCUT2D eigenvalue weighted by atomic mass is 35.5. The summed E-state index contributed by atoms with van der Waals surface area (Å²) in [7, 11) is 1.51. The smallest absolute Gasteiger partial charge is 0.336 e. The number of carbonyl (C=O) groups excluding carboxylic acids is 1. The molecular weight excluding hydrogens is 399 g/mol. The van der Waals surface area contributed by atoms with E-state index in [0.29, 0.717) is 21.6 Å². The van der Waals surface area contributed by atoms with E-state index in [9.17, 15) is 4.79 Å². The lowest BCUT2D eigenvalue weighted by molar-refractivity contribution is -0.122. The van der Waals surface area contributed by atoms with Gasteiger partial charge in [-0.05, 0) is 49.2 Å². The molecule has 28 heavy (non-hydrogen) atoms. The number of anilines is 1. The number of nitrogens with one attached hydrogen (secondary N) is 1. The lowest BCUT2D eigenvalue weighted by Gasteiger charge is -2.24. The zero-order valence-electron chi connectivity index (χ0n) is 15.2. The van der Waals surface area contributed by atoms with E-state index in [0.717, 1.165) is 30.5 Å². The number of hydrogen-bond donors (Lipinski definition) is 1. The average Bonchev–Trinajstić information content (AvgIpc) is 3.07. The summed E-state index contributed by atoms with van der Waals surface area (Å²) in [5.74, 6) is 0.726. The van der Waals surface area contributed by atoms with E-state index >= 15 is 0 Å². The van der Waals surface area contributed by atoms with Crippen LogP contribution in [0.15, 0.2) is 42.5 Å². The van der Waals surface area contributed by atoms with Crippen LogP contribution >= 0.6 is 23.2 Å². The molecule has 0 bridgehead atoms. The van der Waals surface area contributed by atoms with E-state index in [1.165, 1.54) is 7.11 Å². The maximum absolute atomic E-state index is 12.3. The van der Waals surface area contributed by atoms with E-state index in [4.69, 9.17) is 27.9 Å². The average molecular weight is 417 g/mol. The molecule has 4 rings (SSSR count). The predicted octanol–water partition coefficient (Wildman–Crippen LogP) is 4.99. The van der Waals surface area contributed by atoms with Gasteiger partial charge < -0.3 is 10.1 Å². The number of ether oxygens (including phenoxy) is 1. The fourth-order valence-electron chi connectivity index (χ4n) is 3.01. The molecule has 1 aromatic heterocycles. The van der Waals surface area contributed by atoms with Crippen LogP contribution in [0.2, 0.25) is 10.0 Å². The van der Waals surface area contributed by atoms with Crippen molar-refractivity contribution in [3.8, 4) is 23.1 Å². The number of rotatable bonds is 5. The second-order valence-corrected chi connectivity index (χ2v) is 7.44. The lowest BCUT2D eigenvalue weighted by Crippen LogP contribution is -2.28. The number of halogens is 2. The van der Waals surface area contributed by atoms with Gasteiger partial charge in [-0.3, -0.25) is 4.79 Å². The van der Waals surface area contributed by atoms with Gasteiger partial charge in [-0.15, -0.1) is 5.10 Å².